The van der Waals surface area contributed by atoms with Gasteiger partial charge < -0.3 is 4.74 Å². The number of thiazole rings is 1. The Morgan fingerprint density at radius 3 is 2.74 bits per heavy atom. The fourth-order valence-corrected chi connectivity index (χ4v) is 2.56. The summed E-state index contributed by atoms with van der Waals surface area (Å²) in [6.07, 6.45) is 1.63. The van der Waals surface area contributed by atoms with Gasteiger partial charge in [0.2, 0.25) is 0 Å². The lowest BCUT2D eigenvalue weighted by atomic mass is 10.1. The largest absolute Gasteiger partial charge is 0.487 e. The molecule has 0 spiro atoms. The number of halogens is 1. The van der Waals surface area contributed by atoms with E-state index in [1.807, 2.05) is 6.92 Å². The van der Waals surface area contributed by atoms with Crippen LogP contribution in [0, 0.1) is 24.0 Å². The number of aryl methyl sites for hydroxylation is 2. The third kappa shape index (κ3) is 3.21. The number of aromatic nitrogens is 1. The van der Waals surface area contributed by atoms with Crippen molar-refractivity contribution in [2.75, 3.05) is 0 Å². The first kappa shape index (κ1) is 13.8. The van der Waals surface area contributed by atoms with E-state index in [0.717, 1.165) is 10.4 Å². The monoisotopic (exact) mass is 298 g/mol. The Balaban J connectivity index is 2.20. The molecule has 0 atom stereocenters. The smallest absolute Gasteiger partial charge is 0.276 e. The lowest BCUT2D eigenvalue weighted by Gasteiger charge is -2.09. The Labute approximate surface area is 119 Å². The lowest BCUT2D eigenvalue weighted by molar-refractivity contribution is -0.385. The normalized spacial score (nSPS) is 10.5. The molecular formula is C12H11ClN2O3S. The molecule has 0 aliphatic rings. The Morgan fingerprint density at radius 1 is 1.42 bits per heavy atom. The minimum Gasteiger partial charge on any atom is -0.487 e. The van der Waals surface area contributed by atoms with Gasteiger partial charge in [0.15, 0.2) is 4.47 Å². The first-order valence-corrected chi connectivity index (χ1v) is 6.65. The molecule has 0 N–H and O–H groups in total. The number of benzene rings is 1. The first-order valence-electron chi connectivity index (χ1n) is 5.46. The van der Waals surface area contributed by atoms with Gasteiger partial charge in [-0.2, -0.15) is 0 Å². The topological polar surface area (TPSA) is 65.3 Å². The van der Waals surface area contributed by atoms with Crippen LogP contribution in [0.2, 0.25) is 4.47 Å². The highest BCUT2D eigenvalue weighted by atomic mass is 35.5. The molecule has 0 radical (unpaired) electrons. The maximum absolute atomic E-state index is 10.9. The summed E-state index contributed by atoms with van der Waals surface area (Å²) in [4.78, 5) is 15.3. The van der Waals surface area contributed by atoms with Crippen LogP contribution < -0.4 is 4.74 Å². The fourth-order valence-electron chi connectivity index (χ4n) is 1.67. The van der Waals surface area contributed by atoms with Gasteiger partial charge in [-0.1, -0.05) is 11.6 Å². The predicted molar refractivity (Wildman–Crippen MR) is 74.0 cm³/mol. The Morgan fingerprint density at radius 2 is 2.16 bits per heavy atom. The van der Waals surface area contributed by atoms with Crippen molar-refractivity contribution in [1.82, 2.24) is 4.98 Å². The third-order valence-electron chi connectivity index (χ3n) is 2.59. The molecule has 0 bridgehead atoms. The highest BCUT2D eigenvalue weighted by Gasteiger charge is 2.14. The summed E-state index contributed by atoms with van der Waals surface area (Å²) in [6, 6.07) is 3.19. The van der Waals surface area contributed by atoms with Gasteiger partial charge in [0, 0.05) is 11.8 Å². The van der Waals surface area contributed by atoms with Gasteiger partial charge in [-0.25, -0.2) is 4.98 Å². The van der Waals surface area contributed by atoms with E-state index in [-0.39, 0.29) is 5.69 Å². The molecule has 2 rings (SSSR count). The third-order valence-corrected chi connectivity index (χ3v) is 3.67. The molecule has 1 heterocycles. The summed E-state index contributed by atoms with van der Waals surface area (Å²) in [5.74, 6) is 0.502. The van der Waals surface area contributed by atoms with E-state index in [1.165, 1.54) is 17.4 Å². The molecule has 0 amide bonds. The van der Waals surface area contributed by atoms with E-state index in [9.17, 15) is 10.1 Å². The summed E-state index contributed by atoms with van der Waals surface area (Å²) < 4.78 is 6.04. The van der Waals surface area contributed by atoms with Gasteiger partial charge in [-0.15, -0.1) is 11.3 Å². The Hall–Kier alpha value is -1.66. The summed E-state index contributed by atoms with van der Waals surface area (Å²) in [5.41, 5.74) is 1.54. The summed E-state index contributed by atoms with van der Waals surface area (Å²) in [6.45, 7) is 3.86. The zero-order chi connectivity index (χ0) is 14.0. The summed E-state index contributed by atoms with van der Waals surface area (Å²) >= 11 is 7.05. The van der Waals surface area contributed by atoms with Crippen LogP contribution in [-0.4, -0.2) is 9.91 Å². The average molecular weight is 299 g/mol. The molecule has 5 nitrogen and oxygen atoms in total. The standard InChI is InChI=1S/C12H11ClN2O3S/c1-7-3-8(2)11(4-10(7)15(16)17)18-6-9-5-14-12(13)19-9/h3-5H,6H2,1-2H3. The van der Waals surface area contributed by atoms with Crippen LogP contribution in [0.15, 0.2) is 18.3 Å². The molecule has 7 heteroatoms. The molecule has 0 saturated carbocycles. The van der Waals surface area contributed by atoms with E-state index in [0.29, 0.717) is 22.4 Å². The van der Waals surface area contributed by atoms with Crippen LogP contribution in [-0.2, 0) is 6.61 Å². The van der Waals surface area contributed by atoms with E-state index in [2.05, 4.69) is 4.98 Å². The van der Waals surface area contributed by atoms with Crippen molar-refractivity contribution in [3.63, 3.8) is 0 Å². The number of ether oxygens (including phenoxy) is 1. The molecule has 1 aromatic carbocycles. The van der Waals surface area contributed by atoms with Crippen molar-refractivity contribution in [2.24, 2.45) is 0 Å². The van der Waals surface area contributed by atoms with E-state index in [4.69, 9.17) is 16.3 Å². The molecular weight excluding hydrogens is 288 g/mol. The average Bonchev–Trinajstić information content (AvgIpc) is 2.73. The molecule has 19 heavy (non-hydrogen) atoms. The van der Waals surface area contributed by atoms with Gasteiger partial charge in [0.05, 0.1) is 15.9 Å². The number of nitro groups is 1. The van der Waals surface area contributed by atoms with Crippen LogP contribution in [0.3, 0.4) is 0 Å². The fraction of sp³-hybridized carbons (Fsp3) is 0.250. The predicted octanol–water partition coefficient (Wildman–Crippen LogP) is 3.90. The van der Waals surface area contributed by atoms with E-state index < -0.39 is 4.92 Å². The Bertz CT molecular complexity index is 627. The van der Waals surface area contributed by atoms with Crippen molar-refractivity contribution in [2.45, 2.75) is 20.5 Å². The highest BCUT2D eigenvalue weighted by molar-refractivity contribution is 7.15. The second-order valence-corrected chi connectivity index (χ2v) is 5.73. The molecule has 0 unspecified atom stereocenters. The lowest BCUT2D eigenvalue weighted by Crippen LogP contribution is -1.98. The molecule has 0 aliphatic carbocycles. The zero-order valence-corrected chi connectivity index (χ0v) is 11.9. The van der Waals surface area contributed by atoms with Crippen molar-refractivity contribution < 1.29 is 9.66 Å². The second-order valence-electron chi connectivity index (χ2n) is 4.03. The molecule has 0 aliphatic heterocycles. The Kier molecular flexibility index (Phi) is 4.01. The van der Waals surface area contributed by atoms with Gasteiger partial charge in [0.25, 0.3) is 5.69 Å². The first-order chi connectivity index (χ1) is 8.97. The number of nitro benzene ring substituents is 1. The summed E-state index contributed by atoms with van der Waals surface area (Å²) in [5, 5.41) is 10.9. The molecule has 2 aromatic rings. The van der Waals surface area contributed by atoms with Gasteiger partial charge >= 0.3 is 0 Å². The zero-order valence-electron chi connectivity index (χ0n) is 10.3. The van der Waals surface area contributed by atoms with Crippen LogP contribution in [0.25, 0.3) is 0 Å². The molecule has 0 fully saturated rings. The SMILES string of the molecule is Cc1cc(C)c([N+](=O)[O-])cc1OCc1cnc(Cl)s1. The quantitative estimate of drug-likeness (QED) is 0.634. The highest BCUT2D eigenvalue weighted by Crippen LogP contribution is 2.29. The van der Waals surface area contributed by atoms with Crippen LogP contribution in [0.5, 0.6) is 5.75 Å². The van der Waals surface area contributed by atoms with Gasteiger partial charge in [0.1, 0.15) is 12.4 Å². The molecule has 1 aromatic heterocycles. The maximum atomic E-state index is 10.9. The van der Waals surface area contributed by atoms with Gasteiger partial charge in [-0.05, 0) is 25.5 Å². The van der Waals surface area contributed by atoms with Crippen LogP contribution >= 0.6 is 22.9 Å². The van der Waals surface area contributed by atoms with E-state index in [1.54, 1.807) is 19.2 Å². The van der Waals surface area contributed by atoms with Crippen LogP contribution in [0.1, 0.15) is 16.0 Å². The minimum absolute atomic E-state index is 0.0583. The van der Waals surface area contributed by atoms with Gasteiger partial charge in [-0.3, -0.25) is 10.1 Å². The number of rotatable bonds is 4. The maximum Gasteiger partial charge on any atom is 0.276 e. The number of hydrogen-bond acceptors (Lipinski definition) is 5. The number of nitrogens with zero attached hydrogens (tertiary/aromatic N) is 2. The van der Waals surface area contributed by atoms with Crippen molar-refractivity contribution in [1.29, 1.82) is 0 Å². The molecule has 0 saturated heterocycles. The van der Waals surface area contributed by atoms with E-state index >= 15 is 0 Å². The number of hydrogen-bond donors (Lipinski definition) is 0. The summed E-state index contributed by atoms with van der Waals surface area (Å²) in [7, 11) is 0. The van der Waals surface area contributed by atoms with Crippen LogP contribution in [0.4, 0.5) is 5.69 Å². The van der Waals surface area contributed by atoms with Crippen molar-refractivity contribution in [3.8, 4) is 5.75 Å². The van der Waals surface area contributed by atoms with Crippen molar-refractivity contribution >= 4 is 28.6 Å². The molecule has 100 valence electrons. The minimum atomic E-state index is -0.412. The van der Waals surface area contributed by atoms with Crippen molar-refractivity contribution in [3.05, 3.63) is 48.9 Å². The second kappa shape index (κ2) is 5.54.